The second-order valence-corrected chi connectivity index (χ2v) is 36.6. The number of ether oxygens (including phenoxy) is 4. The molecule has 5 atom stereocenters. The van der Waals surface area contributed by atoms with Crippen LogP contribution in [-0.4, -0.2) is 96.7 Å². The average Bonchev–Trinajstić information content (AvgIpc) is 0.898. The largest absolute Gasteiger partial charge is 0.472 e. The number of phosphoric ester groups is 2. The van der Waals surface area contributed by atoms with Gasteiger partial charge < -0.3 is 33.8 Å². The van der Waals surface area contributed by atoms with Crippen molar-refractivity contribution in [1.82, 2.24) is 0 Å². The zero-order valence-electron chi connectivity index (χ0n) is 72.6. The first-order valence-corrected chi connectivity index (χ1v) is 50.0. The fraction of sp³-hybridized carbons (Fsp3) is 0.956. The van der Waals surface area contributed by atoms with Crippen molar-refractivity contribution in [1.29, 1.82) is 0 Å². The number of phosphoric acid groups is 2. The van der Waals surface area contributed by atoms with Crippen LogP contribution in [0.3, 0.4) is 0 Å². The molecule has 0 bridgehead atoms. The first kappa shape index (κ1) is 108. The summed E-state index contributed by atoms with van der Waals surface area (Å²) in [7, 11) is -9.93. The summed E-state index contributed by atoms with van der Waals surface area (Å²) in [6, 6.07) is 0. The van der Waals surface area contributed by atoms with Gasteiger partial charge >= 0.3 is 39.5 Å². The van der Waals surface area contributed by atoms with Gasteiger partial charge in [0.05, 0.1) is 26.4 Å². The predicted octanol–water partition coefficient (Wildman–Crippen LogP) is 28.2. The van der Waals surface area contributed by atoms with Gasteiger partial charge in [0.15, 0.2) is 12.2 Å². The van der Waals surface area contributed by atoms with E-state index in [4.69, 9.17) is 37.0 Å². The van der Waals surface area contributed by atoms with E-state index >= 15 is 0 Å². The lowest BCUT2D eigenvalue weighted by Gasteiger charge is -2.21. The Labute approximate surface area is 677 Å². The van der Waals surface area contributed by atoms with E-state index in [9.17, 15) is 43.2 Å². The zero-order chi connectivity index (χ0) is 80.6. The van der Waals surface area contributed by atoms with Gasteiger partial charge in [-0.25, -0.2) is 9.13 Å². The van der Waals surface area contributed by atoms with Gasteiger partial charge in [0, 0.05) is 25.7 Å². The van der Waals surface area contributed by atoms with Crippen molar-refractivity contribution in [3.8, 4) is 0 Å². The van der Waals surface area contributed by atoms with Gasteiger partial charge in [-0.15, -0.1) is 0 Å². The summed E-state index contributed by atoms with van der Waals surface area (Å²) in [4.78, 5) is 73.3. The number of aliphatic hydroxyl groups is 1. The van der Waals surface area contributed by atoms with Crippen molar-refractivity contribution < 1.29 is 80.2 Å². The van der Waals surface area contributed by atoms with E-state index in [1.165, 1.54) is 302 Å². The van der Waals surface area contributed by atoms with Crippen LogP contribution < -0.4 is 0 Å². The summed E-state index contributed by atoms with van der Waals surface area (Å²) in [6.45, 7) is 9.63. The molecule has 0 aliphatic heterocycles. The summed E-state index contributed by atoms with van der Waals surface area (Å²) >= 11 is 0. The minimum absolute atomic E-state index is 0.107. The second-order valence-electron chi connectivity index (χ2n) is 33.6. The Kier molecular flexibility index (Phi) is 80.7. The number of hydrogen-bond acceptors (Lipinski definition) is 15. The first-order chi connectivity index (χ1) is 53.4. The van der Waals surface area contributed by atoms with Crippen molar-refractivity contribution in [2.24, 2.45) is 11.8 Å². The number of carbonyl (C=O) groups is 4. The topological polar surface area (TPSA) is 237 Å². The summed E-state index contributed by atoms with van der Waals surface area (Å²) < 4.78 is 69.0. The summed E-state index contributed by atoms with van der Waals surface area (Å²) in [5.41, 5.74) is 0. The highest BCUT2D eigenvalue weighted by atomic mass is 31.2. The van der Waals surface area contributed by atoms with Crippen LogP contribution in [0, 0.1) is 11.8 Å². The third kappa shape index (κ3) is 84.0. The van der Waals surface area contributed by atoms with Crippen LogP contribution in [-0.2, 0) is 65.4 Å². The van der Waals surface area contributed by atoms with Gasteiger partial charge in [0.2, 0.25) is 0 Å². The lowest BCUT2D eigenvalue weighted by Crippen LogP contribution is -2.30. The number of esters is 4. The Morgan fingerprint density at radius 3 is 0.618 bits per heavy atom. The molecule has 654 valence electrons. The van der Waals surface area contributed by atoms with Crippen LogP contribution >= 0.6 is 15.6 Å². The lowest BCUT2D eigenvalue weighted by atomic mass is 10.0. The van der Waals surface area contributed by atoms with Crippen LogP contribution in [0.4, 0.5) is 0 Å². The molecule has 17 nitrogen and oxygen atoms in total. The third-order valence-electron chi connectivity index (χ3n) is 21.5. The maximum atomic E-state index is 13.2. The van der Waals surface area contributed by atoms with Crippen molar-refractivity contribution in [2.45, 2.75) is 509 Å². The van der Waals surface area contributed by atoms with Gasteiger partial charge in [-0.3, -0.25) is 37.3 Å². The van der Waals surface area contributed by atoms with E-state index < -0.39 is 97.5 Å². The number of unbranched alkanes of at least 4 members (excludes halogenated alkanes) is 60. The molecule has 0 aromatic rings. The van der Waals surface area contributed by atoms with Gasteiger partial charge in [-0.05, 0) is 37.5 Å². The minimum atomic E-state index is -4.97. The molecule has 110 heavy (non-hydrogen) atoms. The van der Waals surface area contributed by atoms with Crippen molar-refractivity contribution >= 4 is 39.5 Å². The fourth-order valence-corrected chi connectivity index (χ4v) is 15.9. The molecule has 0 aliphatic carbocycles. The molecule has 0 radical (unpaired) electrons. The molecule has 2 unspecified atom stereocenters. The molecular formula is C91H178O17P2. The highest BCUT2D eigenvalue weighted by Gasteiger charge is 2.31. The van der Waals surface area contributed by atoms with Crippen LogP contribution in [0.15, 0.2) is 0 Å². The standard InChI is InChI=1S/C91H178O17P2/c1-7-9-11-13-15-17-19-21-23-25-27-29-31-33-35-37-42-46-50-54-61-67-73-88(93)101-79-86(107-90(95)75-69-63-55-51-47-43-38-36-34-32-30-28-26-24-22-20-18-16-14-12-10-8-2)81-105-109(97,98)103-77-85(92)78-104-110(99,100)106-82-87(80-102-89(94)74-68-62-58-57-60-66-72-84(5)6)108-91(96)76-70-64-56-52-48-44-40-39-41-45-49-53-59-65-71-83(3)4/h83-87,92H,7-82H2,1-6H3,(H,97,98)(H,99,100)/t85-,86-,87-/m1/s1. The SMILES string of the molecule is CCCCCCCCCCCCCCCCCCCCCCCCC(=O)OC[C@H](COP(=O)(O)OC[C@@H](O)COP(=O)(O)OC[C@@H](COC(=O)CCCCCCCCC(C)C)OC(=O)CCCCCCCCCCCCCCCCC(C)C)OC(=O)CCCCCCCCCCCCCCCCCCCCCCCC. The zero-order valence-corrected chi connectivity index (χ0v) is 74.4. The van der Waals surface area contributed by atoms with Crippen LogP contribution in [0.2, 0.25) is 0 Å². The molecule has 0 aliphatic rings. The van der Waals surface area contributed by atoms with Crippen molar-refractivity contribution in [3.63, 3.8) is 0 Å². The maximum absolute atomic E-state index is 13.2. The first-order valence-electron chi connectivity index (χ1n) is 47.0. The van der Waals surface area contributed by atoms with E-state index in [-0.39, 0.29) is 25.7 Å². The number of aliphatic hydroxyl groups excluding tert-OH is 1. The molecule has 0 saturated carbocycles. The number of hydrogen-bond donors (Lipinski definition) is 3. The molecule has 0 aromatic heterocycles. The van der Waals surface area contributed by atoms with E-state index in [0.29, 0.717) is 31.6 Å². The Bertz CT molecular complexity index is 2100. The molecule has 0 fully saturated rings. The molecule has 0 aromatic carbocycles. The quantitative estimate of drug-likeness (QED) is 0.0222. The molecule has 19 heteroatoms. The van der Waals surface area contributed by atoms with E-state index in [1.54, 1.807) is 0 Å². The van der Waals surface area contributed by atoms with Gasteiger partial charge in [0.25, 0.3) is 0 Å². The molecule has 0 rings (SSSR count). The van der Waals surface area contributed by atoms with Gasteiger partial charge in [-0.2, -0.15) is 0 Å². The second kappa shape index (κ2) is 82.2. The van der Waals surface area contributed by atoms with Crippen LogP contribution in [0.25, 0.3) is 0 Å². The minimum Gasteiger partial charge on any atom is -0.462 e. The maximum Gasteiger partial charge on any atom is 0.472 e. The lowest BCUT2D eigenvalue weighted by molar-refractivity contribution is -0.161. The summed E-state index contributed by atoms with van der Waals surface area (Å²) in [5.74, 6) is -0.627. The number of rotatable bonds is 90. The third-order valence-corrected chi connectivity index (χ3v) is 23.4. The average molecular weight is 1610 g/mol. The fourth-order valence-electron chi connectivity index (χ4n) is 14.3. The Morgan fingerprint density at radius 2 is 0.418 bits per heavy atom. The summed E-state index contributed by atoms with van der Waals surface area (Å²) in [6.07, 6.45) is 76.9. The monoisotopic (exact) mass is 1610 g/mol. The van der Waals surface area contributed by atoms with Crippen LogP contribution in [0.1, 0.15) is 491 Å². The van der Waals surface area contributed by atoms with Crippen molar-refractivity contribution in [2.75, 3.05) is 39.6 Å². The van der Waals surface area contributed by atoms with Crippen molar-refractivity contribution in [3.05, 3.63) is 0 Å². The van der Waals surface area contributed by atoms with Gasteiger partial charge in [0.1, 0.15) is 19.3 Å². The predicted molar refractivity (Wildman–Crippen MR) is 455 cm³/mol. The molecular weight excluding hydrogens is 1430 g/mol. The normalized spacial score (nSPS) is 13.7. The molecule has 3 N–H and O–H groups in total. The molecule has 0 spiro atoms. The summed E-state index contributed by atoms with van der Waals surface area (Å²) in [5, 5.41) is 10.7. The molecule has 0 amide bonds. The van der Waals surface area contributed by atoms with Crippen LogP contribution in [0.5, 0.6) is 0 Å². The van der Waals surface area contributed by atoms with Gasteiger partial charge in [-0.1, -0.05) is 440 Å². The molecule has 0 heterocycles. The highest BCUT2D eigenvalue weighted by molar-refractivity contribution is 7.47. The van der Waals surface area contributed by atoms with E-state index in [0.717, 1.165) is 102 Å². The highest BCUT2D eigenvalue weighted by Crippen LogP contribution is 2.45. The number of carbonyl (C=O) groups excluding carboxylic acids is 4. The Hall–Kier alpha value is -1.94. The van der Waals surface area contributed by atoms with E-state index in [2.05, 4.69) is 41.5 Å². The smallest absolute Gasteiger partial charge is 0.462 e. The Balaban J connectivity index is 5.19. The van der Waals surface area contributed by atoms with E-state index in [1.807, 2.05) is 0 Å². The Morgan fingerprint density at radius 1 is 0.245 bits per heavy atom. The molecule has 0 saturated heterocycles.